The Hall–Kier alpha value is -2.88. The van der Waals surface area contributed by atoms with Gasteiger partial charge >= 0.3 is 0 Å². The second-order valence-corrected chi connectivity index (χ2v) is 7.85. The number of benzene rings is 2. The summed E-state index contributed by atoms with van der Waals surface area (Å²) in [4.78, 5) is 18.9. The van der Waals surface area contributed by atoms with Crippen molar-refractivity contribution >= 4 is 41.5 Å². The van der Waals surface area contributed by atoms with Crippen LogP contribution < -0.4 is 15.5 Å². The molecule has 8 heteroatoms. The normalized spacial score (nSPS) is 12.8. The van der Waals surface area contributed by atoms with Crippen LogP contribution in [0.15, 0.2) is 72.0 Å². The van der Waals surface area contributed by atoms with Gasteiger partial charge in [0.1, 0.15) is 0 Å². The van der Waals surface area contributed by atoms with E-state index in [2.05, 4.69) is 38.9 Å². The highest BCUT2D eigenvalue weighted by Crippen LogP contribution is 2.27. The number of aliphatic imine (C=N–C) groups is 1. The van der Waals surface area contributed by atoms with Crippen LogP contribution in [-0.4, -0.2) is 41.8 Å². The second-order valence-electron chi connectivity index (χ2n) is 7.85. The van der Waals surface area contributed by atoms with E-state index < -0.39 is 0 Å². The number of aromatic nitrogens is 2. The molecule has 0 saturated heterocycles. The van der Waals surface area contributed by atoms with Gasteiger partial charge in [-0.15, -0.1) is 24.0 Å². The van der Waals surface area contributed by atoms with Crippen LogP contribution in [0.4, 0.5) is 5.69 Å². The van der Waals surface area contributed by atoms with Gasteiger partial charge in [-0.25, -0.2) is 0 Å². The number of rotatable bonds is 8. The van der Waals surface area contributed by atoms with E-state index in [0.717, 1.165) is 37.6 Å². The van der Waals surface area contributed by atoms with Crippen LogP contribution in [0, 0.1) is 0 Å². The Labute approximate surface area is 212 Å². The minimum atomic E-state index is 0. The molecule has 0 fully saturated rings. The molecule has 0 aliphatic carbocycles. The van der Waals surface area contributed by atoms with Gasteiger partial charge in [0.25, 0.3) is 0 Å². The number of carbonyl (C=O) groups excluding carboxylic acids is 1. The Bertz CT molecular complexity index is 1070. The number of hydrogen-bond acceptors (Lipinski definition) is 3. The van der Waals surface area contributed by atoms with Gasteiger partial charge in [0.05, 0.1) is 6.54 Å². The van der Waals surface area contributed by atoms with Crippen molar-refractivity contribution in [2.24, 2.45) is 4.99 Å². The maximum absolute atomic E-state index is 12.6. The van der Waals surface area contributed by atoms with Gasteiger partial charge in [-0.05, 0) is 41.7 Å². The Morgan fingerprint density at radius 2 is 1.85 bits per heavy atom. The number of guanidine groups is 1. The SMILES string of the molecule is CN=C(NCCCC(=O)N1CCc2ccccc21)NCc1ccccc1Cn1cccn1.I. The lowest BCUT2D eigenvalue weighted by molar-refractivity contribution is -0.118. The molecule has 1 aromatic heterocycles. The molecule has 2 aromatic carbocycles. The van der Waals surface area contributed by atoms with E-state index in [9.17, 15) is 4.79 Å². The summed E-state index contributed by atoms with van der Waals surface area (Å²) in [5.74, 6) is 0.921. The van der Waals surface area contributed by atoms with Crippen molar-refractivity contribution in [2.45, 2.75) is 32.4 Å². The molecule has 0 saturated carbocycles. The molecule has 1 amide bonds. The van der Waals surface area contributed by atoms with Gasteiger partial charge in [-0.2, -0.15) is 5.10 Å². The zero-order valence-corrected chi connectivity index (χ0v) is 21.2. The molecule has 0 radical (unpaired) electrons. The van der Waals surface area contributed by atoms with E-state index in [4.69, 9.17) is 0 Å². The summed E-state index contributed by atoms with van der Waals surface area (Å²) in [5.41, 5.74) is 4.75. The van der Waals surface area contributed by atoms with Gasteiger partial charge < -0.3 is 15.5 Å². The van der Waals surface area contributed by atoms with Crippen molar-refractivity contribution in [2.75, 3.05) is 25.0 Å². The standard InChI is InChI=1S/C25H30N6O.HI/c1-26-25(28-18-21-9-2-3-10-22(21)19-30-16-7-15-29-30)27-14-6-12-24(32)31-17-13-20-8-4-5-11-23(20)31;/h2-5,7-11,15-16H,6,12-14,17-19H2,1H3,(H2,26,27,28);1H. The maximum atomic E-state index is 12.6. The molecule has 0 spiro atoms. The zero-order chi connectivity index (χ0) is 22.2. The monoisotopic (exact) mass is 558 g/mol. The number of anilines is 1. The molecule has 0 unspecified atom stereocenters. The number of para-hydroxylation sites is 1. The van der Waals surface area contributed by atoms with Crippen molar-refractivity contribution in [3.05, 3.63) is 83.7 Å². The predicted molar refractivity (Wildman–Crippen MR) is 143 cm³/mol. The molecule has 2 N–H and O–H groups in total. The number of nitrogens with one attached hydrogen (secondary N) is 2. The van der Waals surface area contributed by atoms with E-state index in [1.165, 1.54) is 16.7 Å². The minimum absolute atomic E-state index is 0. The van der Waals surface area contributed by atoms with Crippen LogP contribution in [0.25, 0.3) is 0 Å². The van der Waals surface area contributed by atoms with Gasteiger partial charge in [0.15, 0.2) is 5.96 Å². The molecule has 7 nitrogen and oxygen atoms in total. The first-order valence-electron chi connectivity index (χ1n) is 11.1. The van der Waals surface area contributed by atoms with Gasteiger partial charge in [-0.1, -0.05) is 42.5 Å². The third-order valence-corrected chi connectivity index (χ3v) is 5.73. The van der Waals surface area contributed by atoms with E-state index in [0.29, 0.717) is 19.5 Å². The van der Waals surface area contributed by atoms with Gasteiger partial charge in [-0.3, -0.25) is 14.5 Å². The van der Waals surface area contributed by atoms with Crippen molar-refractivity contribution in [3.63, 3.8) is 0 Å². The Morgan fingerprint density at radius 1 is 1.06 bits per heavy atom. The first-order chi connectivity index (χ1) is 15.7. The molecule has 0 bridgehead atoms. The maximum Gasteiger partial charge on any atom is 0.227 e. The number of amides is 1. The third-order valence-electron chi connectivity index (χ3n) is 5.73. The first-order valence-corrected chi connectivity index (χ1v) is 11.1. The van der Waals surface area contributed by atoms with Crippen LogP contribution in [0.3, 0.4) is 0 Å². The average Bonchev–Trinajstić information content (AvgIpc) is 3.49. The van der Waals surface area contributed by atoms with Crippen LogP contribution in [-0.2, 0) is 24.3 Å². The number of fused-ring (bicyclic) bond motifs is 1. The fraction of sp³-hybridized carbons (Fsp3) is 0.320. The molecule has 0 atom stereocenters. The fourth-order valence-electron chi connectivity index (χ4n) is 4.03. The minimum Gasteiger partial charge on any atom is -0.356 e. The van der Waals surface area contributed by atoms with Crippen molar-refractivity contribution in [1.82, 2.24) is 20.4 Å². The average molecular weight is 558 g/mol. The van der Waals surface area contributed by atoms with Crippen LogP contribution in [0.2, 0.25) is 0 Å². The predicted octanol–water partition coefficient (Wildman–Crippen LogP) is 3.58. The second kappa shape index (κ2) is 12.4. The summed E-state index contributed by atoms with van der Waals surface area (Å²) in [6, 6.07) is 18.4. The number of carbonyl (C=O) groups is 1. The summed E-state index contributed by atoms with van der Waals surface area (Å²) >= 11 is 0. The van der Waals surface area contributed by atoms with E-state index in [1.807, 2.05) is 52.2 Å². The Morgan fingerprint density at radius 3 is 2.64 bits per heavy atom. The summed E-state index contributed by atoms with van der Waals surface area (Å²) in [7, 11) is 1.76. The molecule has 174 valence electrons. The zero-order valence-electron chi connectivity index (χ0n) is 18.9. The molecule has 2 heterocycles. The highest BCUT2D eigenvalue weighted by Gasteiger charge is 2.23. The van der Waals surface area contributed by atoms with E-state index in [-0.39, 0.29) is 29.9 Å². The van der Waals surface area contributed by atoms with Crippen molar-refractivity contribution in [1.29, 1.82) is 0 Å². The quantitative estimate of drug-likeness (QED) is 0.192. The lowest BCUT2D eigenvalue weighted by Crippen LogP contribution is -2.38. The van der Waals surface area contributed by atoms with E-state index in [1.54, 1.807) is 13.2 Å². The number of hydrogen-bond donors (Lipinski definition) is 2. The topological polar surface area (TPSA) is 74.6 Å². The van der Waals surface area contributed by atoms with Crippen LogP contribution >= 0.6 is 24.0 Å². The molecule has 1 aliphatic heterocycles. The van der Waals surface area contributed by atoms with Crippen molar-refractivity contribution in [3.8, 4) is 0 Å². The lowest BCUT2D eigenvalue weighted by atomic mass is 10.1. The van der Waals surface area contributed by atoms with Gasteiger partial charge in [0, 0.05) is 51.2 Å². The fourth-order valence-corrected chi connectivity index (χ4v) is 4.03. The Kier molecular flexibility index (Phi) is 9.29. The van der Waals surface area contributed by atoms with Crippen LogP contribution in [0.1, 0.15) is 29.5 Å². The molecule has 3 aromatic rings. The van der Waals surface area contributed by atoms with E-state index >= 15 is 0 Å². The largest absolute Gasteiger partial charge is 0.356 e. The smallest absolute Gasteiger partial charge is 0.227 e. The number of halogens is 1. The molecule has 4 rings (SSSR count). The Balaban J connectivity index is 0.00000306. The molecular weight excluding hydrogens is 527 g/mol. The van der Waals surface area contributed by atoms with Crippen molar-refractivity contribution < 1.29 is 4.79 Å². The highest BCUT2D eigenvalue weighted by atomic mass is 127. The van der Waals surface area contributed by atoms with Crippen LogP contribution in [0.5, 0.6) is 0 Å². The third kappa shape index (κ3) is 6.56. The first kappa shape index (κ1) is 24.8. The summed E-state index contributed by atoms with van der Waals surface area (Å²) in [5, 5.41) is 11.0. The summed E-state index contributed by atoms with van der Waals surface area (Å²) in [6.07, 6.45) is 5.98. The molecular formula is C25H31IN6O. The lowest BCUT2D eigenvalue weighted by Gasteiger charge is -2.18. The summed E-state index contributed by atoms with van der Waals surface area (Å²) < 4.78 is 1.92. The number of nitrogens with zero attached hydrogens (tertiary/aromatic N) is 4. The molecule has 1 aliphatic rings. The highest BCUT2D eigenvalue weighted by molar-refractivity contribution is 14.0. The molecule has 33 heavy (non-hydrogen) atoms. The summed E-state index contributed by atoms with van der Waals surface area (Å²) in [6.45, 7) is 2.88. The van der Waals surface area contributed by atoms with Gasteiger partial charge in [0.2, 0.25) is 5.91 Å².